The van der Waals surface area contributed by atoms with Crippen molar-refractivity contribution in [3.63, 3.8) is 0 Å². The molecule has 0 unspecified atom stereocenters. The van der Waals surface area contributed by atoms with E-state index in [1.54, 1.807) is 6.26 Å². The highest BCUT2D eigenvalue weighted by Crippen LogP contribution is 2.20. The summed E-state index contributed by atoms with van der Waals surface area (Å²) < 4.78 is 5.61. The number of halogens is 1. The van der Waals surface area contributed by atoms with Gasteiger partial charge in [-0.05, 0) is 38.8 Å². The number of aliphatic imine (C=N–C) groups is 1. The van der Waals surface area contributed by atoms with Crippen molar-refractivity contribution in [1.29, 1.82) is 0 Å². The monoisotopic (exact) mass is 468 g/mol. The quantitative estimate of drug-likeness (QED) is 0.381. The first-order valence-electron chi connectivity index (χ1n) is 9.31. The van der Waals surface area contributed by atoms with Gasteiger partial charge >= 0.3 is 0 Å². The van der Waals surface area contributed by atoms with E-state index in [0.29, 0.717) is 18.5 Å². The zero-order valence-corrected chi connectivity index (χ0v) is 18.0. The summed E-state index contributed by atoms with van der Waals surface area (Å²) in [5.74, 6) is 1.52. The standard InChI is InChI=1S/C20H28N4O.HI/c1-3-21-20(24-17-7-5-4-6-8-17)22-13-18-14-25-19(23-18)16-11-9-15(2)10-12-16;/h9-12,14,17H,3-8,13H2,1-2H3,(H2,21,22,24);1H. The number of nitrogens with one attached hydrogen (secondary N) is 2. The Morgan fingerprint density at radius 2 is 1.92 bits per heavy atom. The van der Waals surface area contributed by atoms with Crippen LogP contribution < -0.4 is 10.6 Å². The largest absolute Gasteiger partial charge is 0.444 e. The second kappa shape index (κ2) is 10.5. The van der Waals surface area contributed by atoms with Gasteiger partial charge in [-0.3, -0.25) is 0 Å². The van der Waals surface area contributed by atoms with Crippen molar-refractivity contribution >= 4 is 29.9 Å². The number of hydrogen-bond donors (Lipinski definition) is 2. The third kappa shape index (κ3) is 6.00. The van der Waals surface area contributed by atoms with Gasteiger partial charge in [0.05, 0.1) is 6.54 Å². The minimum atomic E-state index is 0. The minimum absolute atomic E-state index is 0. The van der Waals surface area contributed by atoms with Crippen molar-refractivity contribution in [2.24, 2.45) is 4.99 Å². The molecular formula is C20H29IN4O. The maximum Gasteiger partial charge on any atom is 0.226 e. The van der Waals surface area contributed by atoms with Crippen LogP contribution in [0, 0.1) is 6.92 Å². The molecule has 6 heteroatoms. The Labute approximate surface area is 173 Å². The van der Waals surface area contributed by atoms with E-state index in [4.69, 9.17) is 4.42 Å². The second-order valence-corrected chi connectivity index (χ2v) is 6.68. The lowest BCUT2D eigenvalue weighted by atomic mass is 9.96. The average molecular weight is 468 g/mol. The lowest BCUT2D eigenvalue weighted by Gasteiger charge is -2.24. The first kappa shape index (κ1) is 20.7. The molecule has 0 saturated heterocycles. The second-order valence-electron chi connectivity index (χ2n) is 6.68. The van der Waals surface area contributed by atoms with E-state index in [0.717, 1.165) is 23.8 Å². The molecule has 0 bridgehead atoms. The normalized spacial score (nSPS) is 15.4. The smallest absolute Gasteiger partial charge is 0.226 e. The van der Waals surface area contributed by atoms with Gasteiger partial charge in [-0.1, -0.05) is 37.0 Å². The molecule has 1 aliphatic carbocycles. The third-order valence-electron chi connectivity index (χ3n) is 4.54. The number of aryl methyl sites for hydroxylation is 1. The van der Waals surface area contributed by atoms with Gasteiger partial charge in [0.1, 0.15) is 12.0 Å². The number of benzene rings is 1. The van der Waals surface area contributed by atoms with Crippen LogP contribution in [0.5, 0.6) is 0 Å². The molecule has 1 saturated carbocycles. The molecule has 0 amide bonds. The van der Waals surface area contributed by atoms with Crippen LogP contribution in [-0.4, -0.2) is 23.5 Å². The molecule has 1 aromatic carbocycles. The van der Waals surface area contributed by atoms with Crippen molar-refractivity contribution in [2.75, 3.05) is 6.54 Å². The Balaban J connectivity index is 0.00000243. The van der Waals surface area contributed by atoms with Crippen LogP contribution in [0.25, 0.3) is 11.5 Å². The predicted octanol–water partition coefficient (Wildman–Crippen LogP) is 4.66. The van der Waals surface area contributed by atoms with E-state index >= 15 is 0 Å². The summed E-state index contributed by atoms with van der Waals surface area (Å²) in [6, 6.07) is 8.72. The summed E-state index contributed by atoms with van der Waals surface area (Å²) in [5, 5.41) is 6.88. The number of nitrogens with zero attached hydrogens (tertiary/aromatic N) is 2. The van der Waals surface area contributed by atoms with Gasteiger partial charge in [0.2, 0.25) is 5.89 Å². The Kier molecular flexibility index (Phi) is 8.41. The Morgan fingerprint density at radius 3 is 2.62 bits per heavy atom. The summed E-state index contributed by atoms with van der Waals surface area (Å²) in [6.45, 7) is 5.52. The van der Waals surface area contributed by atoms with Crippen molar-refractivity contribution in [3.8, 4) is 11.5 Å². The zero-order valence-electron chi connectivity index (χ0n) is 15.6. The number of guanidine groups is 1. The summed E-state index contributed by atoms with van der Waals surface area (Å²) in [5.41, 5.74) is 3.06. The lowest BCUT2D eigenvalue weighted by molar-refractivity contribution is 0.410. The fraction of sp³-hybridized carbons (Fsp3) is 0.500. The molecule has 0 aliphatic heterocycles. The van der Waals surface area contributed by atoms with Gasteiger partial charge in [-0.2, -0.15) is 0 Å². The third-order valence-corrected chi connectivity index (χ3v) is 4.54. The lowest BCUT2D eigenvalue weighted by Crippen LogP contribution is -2.44. The van der Waals surface area contributed by atoms with Crippen LogP contribution in [0.1, 0.15) is 50.3 Å². The first-order valence-corrected chi connectivity index (χ1v) is 9.31. The number of aromatic nitrogens is 1. The zero-order chi connectivity index (χ0) is 17.5. The Bertz CT molecular complexity index is 690. The van der Waals surface area contributed by atoms with Crippen LogP contribution >= 0.6 is 24.0 Å². The van der Waals surface area contributed by atoms with Gasteiger partial charge in [0.25, 0.3) is 0 Å². The van der Waals surface area contributed by atoms with E-state index in [2.05, 4.69) is 46.6 Å². The molecule has 1 fully saturated rings. The van der Waals surface area contributed by atoms with Crippen molar-refractivity contribution in [3.05, 3.63) is 41.8 Å². The maximum absolute atomic E-state index is 5.61. The molecule has 5 nitrogen and oxygen atoms in total. The van der Waals surface area contributed by atoms with E-state index in [-0.39, 0.29) is 24.0 Å². The van der Waals surface area contributed by atoms with E-state index in [9.17, 15) is 0 Å². The molecule has 142 valence electrons. The highest BCUT2D eigenvalue weighted by molar-refractivity contribution is 14.0. The predicted molar refractivity (Wildman–Crippen MR) is 117 cm³/mol. The van der Waals surface area contributed by atoms with Crippen LogP contribution in [0.4, 0.5) is 0 Å². The molecule has 0 atom stereocenters. The molecule has 2 N–H and O–H groups in total. The molecule has 3 rings (SSSR count). The van der Waals surface area contributed by atoms with E-state index in [1.165, 1.54) is 37.7 Å². The van der Waals surface area contributed by atoms with Crippen LogP contribution in [0.15, 0.2) is 39.9 Å². The molecule has 26 heavy (non-hydrogen) atoms. The summed E-state index contributed by atoms with van der Waals surface area (Å²) in [7, 11) is 0. The van der Waals surface area contributed by atoms with Crippen LogP contribution in [-0.2, 0) is 6.54 Å². The topological polar surface area (TPSA) is 62.5 Å². The molecule has 1 heterocycles. The van der Waals surface area contributed by atoms with E-state index in [1.807, 2.05) is 12.1 Å². The summed E-state index contributed by atoms with van der Waals surface area (Å²) >= 11 is 0. The van der Waals surface area contributed by atoms with Crippen molar-refractivity contribution in [2.45, 2.75) is 58.5 Å². The van der Waals surface area contributed by atoms with Gasteiger partial charge < -0.3 is 15.1 Å². The molecule has 2 aromatic rings. The number of oxazole rings is 1. The van der Waals surface area contributed by atoms with Gasteiger partial charge in [-0.15, -0.1) is 24.0 Å². The van der Waals surface area contributed by atoms with Gasteiger partial charge in [0, 0.05) is 18.2 Å². The molecular weight excluding hydrogens is 439 g/mol. The van der Waals surface area contributed by atoms with E-state index < -0.39 is 0 Å². The Hall–Kier alpha value is -1.57. The number of hydrogen-bond acceptors (Lipinski definition) is 3. The highest BCUT2D eigenvalue weighted by atomic mass is 127. The van der Waals surface area contributed by atoms with Crippen molar-refractivity contribution < 1.29 is 4.42 Å². The van der Waals surface area contributed by atoms with Gasteiger partial charge in [-0.25, -0.2) is 9.98 Å². The molecule has 0 spiro atoms. The summed E-state index contributed by atoms with van der Waals surface area (Å²) in [4.78, 5) is 9.23. The average Bonchev–Trinajstić information content (AvgIpc) is 3.10. The van der Waals surface area contributed by atoms with Crippen LogP contribution in [0.3, 0.4) is 0 Å². The fourth-order valence-electron chi connectivity index (χ4n) is 3.13. The van der Waals surface area contributed by atoms with Crippen LogP contribution in [0.2, 0.25) is 0 Å². The van der Waals surface area contributed by atoms with Crippen molar-refractivity contribution in [1.82, 2.24) is 15.6 Å². The highest BCUT2D eigenvalue weighted by Gasteiger charge is 2.14. The molecule has 1 aromatic heterocycles. The SMILES string of the molecule is CCNC(=NCc1coc(-c2ccc(C)cc2)n1)NC1CCCCC1.I. The first-order chi connectivity index (χ1) is 12.2. The fourth-order valence-corrected chi connectivity index (χ4v) is 3.13. The Morgan fingerprint density at radius 1 is 1.19 bits per heavy atom. The van der Waals surface area contributed by atoms with Gasteiger partial charge in [0.15, 0.2) is 5.96 Å². The molecule has 1 aliphatic rings. The molecule has 0 radical (unpaired) electrons. The number of rotatable bonds is 5. The summed E-state index contributed by atoms with van der Waals surface area (Å²) in [6.07, 6.45) is 8.12. The maximum atomic E-state index is 5.61. The minimum Gasteiger partial charge on any atom is -0.444 e.